The highest BCUT2D eigenvalue weighted by Crippen LogP contribution is 2.26. The van der Waals surface area contributed by atoms with Gasteiger partial charge in [-0.3, -0.25) is 15.5 Å². The van der Waals surface area contributed by atoms with E-state index in [4.69, 9.17) is 9.47 Å². The van der Waals surface area contributed by atoms with Crippen LogP contribution in [0, 0.1) is 17.0 Å². The number of ether oxygens (including phenoxy) is 2. The van der Waals surface area contributed by atoms with Crippen molar-refractivity contribution in [3.05, 3.63) is 88.0 Å². The highest BCUT2D eigenvalue weighted by atomic mass is 32.1. The molecule has 0 saturated heterocycles. The van der Waals surface area contributed by atoms with Crippen LogP contribution in [0.5, 0.6) is 11.5 Å². The van der Waals surface area contributed by atoms with Gasteiger partial charge in [-0.15, -0.1) is 0 Å². The fraction of sp³-hybridized carbons (Fsp3) is 0.130. The lowest BCUT2D eigenvalue weighted by atomic mass is 10.2. The van der Waals surface area contributed by atoms with Gasteiger partial charge in [-0.25, -0.2) is 4.98 Å². The van der Waals surface area contributed by atoms with Crippen LogP contribution >= 0.6 is 11.3 Å². The number of hydrazone groups is 1. The number of fused-ring (bicyclic) bond motifs is 1. The molecule has 0 aliphatic heterocycles. The third kappa shape index (κ3) is 5.38. The minimum absolute atomic E-state index is 0.0465. The number of thiazole rings is 1. The van der Waals surface area contributed by atoms with Gasteiger partial charge in [-0.2, -0.15) is 5.10 Å². The lowest BCUT2D eigenvalue weighted by Gasteiger charge is -2.10. The number of para-hydroxylation sites is 1. The molecule has 1 heterocycles. The summed E-state index contributed by atoms with van der Waals surface area (Å²) >= 11 is 1.47. The van der Waals surface area contributed by atoms with Crippen LogP contribution in [-0.4, -0.2) is 29.3 Å². The highest BCUT2D eigenvalue weighted by molar-refractivity contribution is 7.22. The van der Waals surface area contributed by atoms with Gasteiger partial charge < -0.3 is 9.47 Å². The zero-order valence-corrected chi connectivity index (χ0v) is 18.0. The number of non-ortho nitro benzene ring substituents is 1. The third-order valence-corrected chi connectivity index (χ3v) is 5.40. The summed E-state index contributed by atoms with van der Waals surface area (Å²) in [5.41, 5.74) is 5.30. The van der Waals surface area contributed by atoms with Gasteiger partial charge >= 0.3 is 0 Å². The molecular formula is C23H20N4O4S. The average Bonchev–Trinajstić information content (AvgIpc) is 3.20. The maximum Gasteiger partial charge on any atom is 0.270 e. The van der Waals surface area contributed by atoms with Gasteiger partial charge in [0.25, 0.3) is 5.69 Å². The molecule has 0 radical (unpaired) electrons. The first-order chi connectivity index (χ1) is 15.6. The topological polar surface area (TPSA) is 98.9 Å². The van der Waals surface area contributed by atoms with Gasteiger partial charge in [0.2, 0.25) is 5.13 Å². The minimum Gasteiger partial charge on any atom is -0.490 e. The van der Waals surface area contributed by atoms with Crippen LogP contribution < -0.4 is 14.9 Å². The maximum atomic E-state index is 11.2. The van der Waals surface area contributed by atoms with Crippen molar-refractivity contribution in [2.45, 2.75) is 6.92 Å². The summed E-state index contributed by atoms with van der Waals surface area (Å²) in [6, 6.07) is 19.9. The van der Waals surface area contributed by atoms with Crippen LogP contribution in [0.25, 0.3) is 10.2 Å². The van der Waals surface area contributed by atoms with Crippen LogP contribution in [0.3, 0.4) is 0 Å². The van der Waals surface area contributed by atoms with Crippen LogP contribution in [0.2, 0.25) is 0 Å². The minimum atomic E-state index is -0.455. The molecule has 0 saturated carbocycles. The molecule has 0 aliphatic carbocycles. The van der Waals surface area contributed by atoms with E-state index in [-0.39, 0.29) is 12.3 Å². The van der Waals surface area contributed by atoms with E-state index in [0.29, 0.717) is 23.1 Å². The Hall–Kier alpha value is -3.98. The Labute approximate surface area is 188 Å². The largest absolute Gasteiger partial charge is 0.490 e. The molecule has 0 atom stereocenters. The molecule has 4 rings (SSSR count). The first-order valence-electron chi connectivity index (χ1n) is 9.84. The van der Waals surface area contributed by atoms with Crippen LogP contribution in [0.15, 0.2) is 71.8 Å². The van der Waals surface area contributed by atoms with Crippen LogP contribution in [0.4, 0.5) is 10.8 Å². The molecule has 1 aromatic heterocycles. The van der Waals surface area contributed by atoms with Crippen molar-refractivity contribution >= 4 is 38.6 Å². The van der Waals surface area contributed by atoms with Crippen molar-refractivity contribution in [2.24, 2.45) is 5.10 Å². The van der Waals surface area contributed by atoms with Gasteiger partial charge in [-0.1, -0.05) is 35.6 Å². The Morgan fingerprint density at radius 3 is 2.75 bits per heavy atom. The fourth-order valence-corrected chi connectivity index (χ4v) is 3.79. The van der Waals surface area contributed by atoms with Crippen molar-refractivity contribution in [1.29, 1.82) is 0 Å². The number of nitro benzene ring substituents is 1. The molecule has 0 aliphatic rings. The standard InChI is InChI=1S/C23H20N4O4S/c1-16-5-4-6-19(13-16)30-11-12-31-21-10-9-18(27(28)29)14-17(21)15-24-26-23-25-20-7-2-3-8-22(20)32-23/h2-10,13-15H,11-12H2,1H3,(H,25,26). The lowest BCUT2D eigenvalue weighted by molar-refractivity contribution is -0.384. The van der Waals surface area contributed by atoms with Gasteiger partial charge in [0.05, 0.1) is 21.4 Å². The number of nitro groups is 1. The number of hydrogen-bond acceptors (Lipinski definition) is 8. The Balaban J connectivity index is 1.42. The van der Waals surface area contributed by atoms with Crippen molar-refractivity contribution in [3.8, 4) is 11.5 Å². The third-order valence-electron chi connectivity index (χ3n) is 4.46. The van der Waals surface area contributed by atoms with E-state index in [2.05, 4.69) is 15.5 Å². The summed E-state index contributed by atoms with van der Waals surface area (Å²) < 4.78 is 12.5. The normalized spacial score (nSPS) is 11.0. The molecule has 3 aromatic carbocycles. The Morgan fingerprint density at radius 1 is 1.09 bits per heavy atom. The predicted molar refractivity (Wildman–Crippen MR) is 126 cm³/mol. The SMILES string of the molecule is Cc1cccc(OCCOc2ccc([N+](=O)[O-])cc2C=NNc2nc3ccccc3s2)c1. The number of anilines is 1. The zero-order chi connectivity index (χ0) is 22.3. The van der Waals surface area contributed by atoms with Crippen LogP contribution in [0.1, 0.15) is 11.1 Å². The van der Waals surface area contributed by atoms with Crippen molar-refractivity contribution < 1.29 is 14.4 Å². The number of nitrogens with zero attached hydrogens (tertiary/aromatic N) is 3. The summed E-state index contributed by atoms with van der Waals surface area (Å²) in [7, 11) is 0. The Kier molecular flexibility index (Phi) is 6.57. The Morgan fingerprint density at radius 2 is 1.94 bits per heavy atom. The summed E-state index contributed by atoms with van der Waals surface area (Å²) in [5.74, 6) is 1.23. The average molecular weight is 449 g/mol. The number of aryl methyl sites for hydroxylation is 1. The quantitative estimate of drug-likeness (QED) is 0.159. The van der Waals surface area contributed by atoms with Crippen LogP contribution in [-0.2, 0) is 0 Å². The van der Waals surface area contributed by atoms with E-state index in [1.807, 2.05) is 55.5 Å². The van der Waals surface area contributed by atoms with Crippen molar-refractivity contribution in [3.63, 3.8) is 0 Å². The van der Waals surface area contributed by atoms with Gasteiger partial charge in [0.15, 0.2) is 0 Å². The van der Waals surface area contributed by atoms with Crippen molar-refractivity contribution in [1.82, 2.24) is 4.98 Å². The monoisotopic (exact) mass is 448 g/mol. The molecule has 0 spiro atoms. The number of aromatic nitrogens is 1. The molecule has 32 heavy (non-hydrogen) atoms. The first kappa shape index (κ1) is 21.3. The van der Waals surface area contributed by atoms with E-state index < -0.39 is 4.92 Å². The second-order valence-corrected chi connectivity index (χ2v) is 7.88. The maximum absolute atomic E-state index is 11.2. The van der Waals surface area contributed by atoms with Gasteiger partial charge in [0, 0.05) is 17.7 Å². The van der Waals surface area contributed by atoms with E-state index in [9.17, 15) is 10.1 Å². The lowest BCUT2D eigenvalue weighted by Crippen LogP contribution is -2.10. The second kappa shape index (κ2) is 9.88. The van der Waals surface area contributed by atoms with E-state index >= 15 is 0 Å². The van der Waals surface area contributed by atoms with Gasteiger partial charge in [0.1, 0.15) is 24.7 Å². The molecule has 0 amide bonds. The molecule has 0 bridgehead atoms. The summed E-state index contributed by atoms with van der Waals surface area (Å²) in [6.07, 6.45) is 1.48. The highest BCUT2D eigenvalue weighted by Gasteiger charge is 2.11. The fourth-order valence-electron chi connectivity index (χ4n) is 2.98. The van der Waals surface area contributed by atoms with E-state index in [1.165, 1.54) is 29.7 Å². The second-order valence-electron chi connectivity index (χ2n) is 6.85. The molecular weight excluding hydrogens is 428 g/mol. The number of hydrogen-bond donors (Lipinski definition) is 1. The summed E-state index contributed by atoms with van der Waals surface area (Å²) in [5, 5.41) is 16.0. The number of nitrogens with one attached hydrogen (secondary N) is 1. The molecule has 8 nitrogen and oxygen atoms in total. The summed E-state index contributed by atoms with van der Waals surface area (Å²) in [6.45, 7) is 2.60. The molecule has 1 N–H and O–H groups in total. The number of benzene rings is 3. The molecule has 9 heteroatoms. The Bertz CT molecular complexity index is 1240. The molecule has 0 fully saturated rings. The van der Waals surface area contributed by atoms with Crippen molar-refractivity contribution in [2.75, 3.05) is 18.6 Å². The zero-order valence-electron chi connectivity index (χ0n) is 17.2. The predicted octanol–water partition coefficient (Wildman–Crippen LogP) is 5.42. The smallest absolute Gasteiger partial charge is 0.270 e. The number of rotatable bonds is 9. The van der Waals surface area contributed by atoms with E-state index in [1.54, 1.807) is 6.07 Å². The molecule has 162 valence electrons. The summed E-state index contributed by atoms with van der Waals surface area (Å²) in [4.78, 5) is 15.2. The van der Waals surface area contributed by atoms with E-state index in [0.717, 1.165) is 21.5 Å². The molecule has 0 unspecified atom stereocenters. The molecule has 4 aromatic rings. The first-order valence-corrected chi connectivity index (χ1v) is 10.7. The van der Waals surface area contributed by atoms with Gasteiger partial charge in [-0.05, 0) is 42.8 Å².